The molecule has 0 aliphatic carbocycles. The second-order valence-corrected chi connectivity index (χ2v) is 5.72. The number of anilines is 1. The molecule has 0 unspecified atom stereocenters. The number of carbonyl (C=O) groups excluding carboxylic acids is 2. The molecular weight excluding hydrogens is 325 g/mol. The summed E-state index contributed by atoms with van der Waals surface area (Å²) < 4.78 is 18.4. The number of nitrogens with zero attached hydrogens (tertiary/aromatic N) is 2. The van der Waals surface area contributed by atoms with Gasteiger partial charge in [-0.3, -0.25) is 9.59 Å². The molecule has 1 saturated heterocycles. The van der Waals surface area contributed by atoms with Gasteiger partial charge in [-0.15, -0.1) is 0 Å². The van der Waals surface area contributed by atoms with Crippen molar-refractivity contribution >= 4 is 17.6 Å². The Hall–Kier alpha value is -2.96. The van der Waals surface area contributed by atoms with Crippen LogP contribution in [0.2, 0.25) is 0 Å². The highest BCUT2D eigenvalue weighted by molar-refractivity contribution is 5.90. The SMILES string of the molecule is O=C(CCN1CCCC1=O)Nc1ccc(Oc2ccc(F)cc2)cn1. The number of pyridine rings is 1. The number of aromatic nitrogens is 1. The minimum Gasteiger partial charge on any atom is -0.456 e. The summed E-state index contributed by atoms with van der Waals surface area (Å²) in [7, 11) is 0. The van der Waals surface area contributed by atoms with Crippen LogP contribution in [0.4, 0.5) is 10.2 Å². The van der Waals surface area contributed by atoms with Crippen LogP contribution in [0.15, 0.2) is 42.6 Å². The molecule has 130 valence electrons. The second-order valence-electron chi connectivity index (χ2n) is 5.72. The number of nitrogens with one attached hydrogen (secondary N) is 1. The van der Waals surface area contributed by atoms with Gasteiger partial charge in [-0.2, -0.15) is 0 Å². The van der Waals surface area contributed by atoms with Gasteiger partial charge in [-0.05, 0) is 42.8 Å². The molecule has 0 atom stereocenters. The topological polar surface area (TPSA) is 71.5 Å². The molecule has 1 aliphatic heterocycles. The van der Waals surface area contributed by atoms with Gasteiger partial charge in [0.05, 0.1) is 6.20 Å². The van der Waals surface area contributed by atoms with Crippen molar-refractivity contribution in [2.75, 3.05) is 18.4 Å². The van der Waals surface area contributed by atoms with E-state index in [1.165, 1.54) is 30.5 Å². The quantitative estimate of drug-likeness (QED) is 0.875. The zero-order valence-electron chi connectivity index (χ0n) is 13.6. The van der Waals surface area contributed by atoms with E-state index in [1.807, 2.05) is 0 Å². The zero-order chi connectivity index (χ0) is 17.6. The normalized spacial score (nSPS) is 13.8. The summed E-state index contributed by atoms with van der Waals surface area (Å²) in [5, 5.41) is 2.69. The van der Waals surface area contributed by atoms with E-state index in [1.54, 1.807) is 17.0 Å². The fourth-order valence-corrected chi connectivity index (χ4v) is 2.54. The summed E-state index contributed by atoms with van der Waals surface area (Å²) in [5.41, 5.74) is 0. The van der Waals surface area contributed by atoms with Crippen molar-refractivity contribution in [2.45, 2.75) is 19.3 Å². The number of hydrogen-bond acceptors (Lipinski definition) is 4. The maximum absolute atomic E-state index is 12.9. The van der Waals surface area contributed by atoms with Gasteiger partial charge in [0.25, 0.3) is 0 Å². The van der Waals surface area contributed by atoms with Gasteiger partial charge in [0.15, 0.2) is 0 Å². The Morgan fingerprint density at radius 3 is 2.60 bits per heavy atom. The molecule has 0 bridgehead atoms. The van der Waals surface area contributed by atoms with Crippen molar-refractivity contribution in [2.24, 2.45) is 0 Å². The molecule has 1 aromatic carbocycles. The predicted molar refractivity (Wildman–Crippen MR) is 89.8 cm³/mol. The van der Waals surface area contributed by atoms with Gasteiger partial charge in [0.1, 0.15) is 23.1 Å². The average Bonchev–Trinajstić information content (AvgIpc) is 3.02. The van der Waals surface area contributed by atoms with Crippen LogP contribution in [0.3, 0.4) is 0 Å². The van der Waals surface area contributed by atoms with Gasteiger partial charge in [-0.25, -0.2) is 9.37 Å². The molecule has 2 amide bonds. The molecule has 1 aromatic heterocycles. The van der Waals surface area contributed by atoms with Gasteiger partial charge in [0.2, 0.25) is 11.8 Å². The van der Waals surface area contributed by atoms with E-state index in [-0.39, 0.29) is 24.1 Å². The Balaban J connectivity index is 1.49. The number of ether oxygens (including phenoxy) is 1. The van der Waals surface area contributed by atoms with Gasteiger partial charge in [-0.1, -0.05) is 0 Å². The first kappa shape index (κ1) is 16.9. The van der Waals surface area contributed by atoms with Crippen molar-refractivity contribution in [3.8, 4) is 11.5 Å². The first-order valence-corrected chi connectivity index (χ1v) is 8.07. The monoisotopic (exact) mass is 343 g/mol. The molecule has 7 heteroatoms. The number of carbonyl (C=O) groups is 2. The fourth-order valence-electron chi connectivity index (χ4n) is 2.54. The average molecular weight is 343 g/mol. The Morgan fingerprint density at radius 2 is 1.96 bits per heavy atom. The lowest BCUT2D eigenvalue weighted by atomic mass is 10.3. The predicted octanol–water partition coefficient (Wildman–Crippen LogP) is 2.96. The molecule has 0 saturated carbocycles. The van der Waals surface area contributed by atoms with E-state index in [9.17, 15) is 14.0 Å². The smallest absolute Gasteiger partial charge is 0.227 e. The van der Waals surface area contributed by atoms with E-state index in [0.717, 1.165) is 13.0 Å². The molecular formula is C18H18FN3O3. The molecule has 25 heavy (non-hydrogen) atoms. The highest BCUT2D eigenvalue weighted by Gasteiger charge is 2.20. The van der Waals surface area contributed by atoms with Crippen LogP contribution in [0.25, 0.3) is 0 Å². The first-order valence-electron chi connectivity index (χ1n) is 8.07. The molecule has 6 nitrogen and oxygen atoms in total. The molecule has 1 fully saturated rings. The first-order chi connectivity index (χ1) is 12.1. The Kier molecular flexibility index (Phi) is 5.23. The van der Waals surface area contributed by atoms with Crippen LogP contribution in [-0.4, -0.2) is 34.8 Å². The van der Waals surface area contributed by atoms with Crippen molar-refractivity contribution in [1.82, 2.24) is 9.88 Å². The van der Waals surface area contributed by atoms with Crippen molar-refractivity contribution in [3.63, 3.8) is 0 Å². The lowest BCUT2D eigenvalue weighted by molar-refractivity contribution is -0.128. The third-order valence-corrected chi connectivity index (χ3v) is 3.83. The maximum atomic E-state index is 12.9. The molecule has 0 radical (unpaired) electrons. The van der Waals surface area contributed by atoms with Crippen molar-refractivity contribution in [3.05, 3.63) is 48.4 Å². The molecule has 0 spiro atoms. The highest BCUT2D eigenvalue weighted by Crippen LogP contribution is 2.21. The third kappa shape index (κ3) is 4.76. The third-order valence-electron chi connectivity index (χ3n) is 3.83. The molecule has 2 heterocycles. The lowest BCUT2D eigenvalue weighted by Gasteiger charge is -2.14. The van der Waals surface area contributed by atoms with E-state index in [0.29, 0.717) is 30.3 Å². The molecule has 3 rings (SSSR count). The number of benzene rings is 1. The number of hydrogen-bond donors (Lipinski definition) is 1. The van der Waals surface area contributed by atoms with Gasteiger partial charge in [0, 0.05) is 25.9 Å². The van der Waals surface area contributed by atoms with Crippen molar-refractivity contribution in [1.29, 1.82) is 0 Å². The van der Waals surface area contributed by atoms with Crippen LogP contribution >= 0.6 is 0 Å². The van der Waals surface area contributed by atoms with Crippen LogP contribution in [-0.2, 0) is 9.59 Å². The fraction of sp³-hybridized carbons (Fsp3) is 0.278. The zero-order valence-corrected chi connectivity index (χ0v) is 13.6. The van der Waals surface area contributed by atoms with Crippen LogP contribution in [0.5, 0.6) is 11.5 Å². The summed E-state index contributed by atoms with van der Waals surface area (Å²) in [6, 6.07) is 8.94. The van der Waals surface area contributed by atoms with E-state index >= 15 is 0 Å². The minimum atomic E-state index is -0.334. The largest absolute Gasteiger partial charge is 0.456 e. The minimum absolute atomic E-state index is 0.105. The lowest BCUT2D eigenvalue weighted by Crippen LogP contribution is -2.28. The summed E-state index contributed by atoms with van der Waals surface area (Å²) in [4.78, 5) is 29.2. The van der Waals surface area contributed by atoms with E-state index in [4.69, 9.17) is 4.74 Å². The molecule has 1 N–H and O–H groups in total. The summed E-state index contributed by atoms with van der Waals surface area (Å²) in [6.45, 7) is 1.15. The summed E-state index contributed by atoms with van der Waals surface area (Å²) in [6.07, 6.45) is 3.14. The number of rotatable bonds is 6. The van der Waals surface area contributed by atoms with Gasteiger partial charge >= 0.3 is 0 Å². The highest BCUT2D eigenvalue weighted by atomic mass is 19.1. The van der Waals surface area contributed by atoms with Crippen LogP contribution < -0.4 is 10.1 Å². The van der Waals surface area contributed by atoms with E-state index in [2.05, 4.69) is 10.3 Å². The second kappa shape index (κ2) is 7.74. The number of amides is 2. The van der Waals surface area contributed by atoms with E-state index < -0.39 is 0 Å². The molecule has 2 aromatic rings. The van der Waals surface area contributed by atoms with Gasteiger partial charge < -0.3 is 15.0 Å². The standard InChI is InChI=1S/C18H18FN3O3/c19-13-3-5-14(6-4-13)25-15-7-8-16(20-12-15)21-17(23)9-11-22-10-1-2-18(22)24/h3-8,12H,1-2,9-11H2,(H,20,21,23). The van der Waals surface area contributed by atoms with Crippen LogP contribution in [0.1, 0.15) is 19.3 Å². The number of likely N-dealkylation sites (tertiary alicyclic amines) is 1. The summed E-state index contributed by atoms with van der Waals surface area (Å²) in [5.74, 6) is 0.957. The Labute approximate surface area is 144 Å². The Morgan fingerprint density at radius 1 is 1.20 bits per heavy atom. The number of halogens is 1. The molecule has 1 aliphatic rings. The van der Waals surface area contributed by atoms with Crippen LogP contribution in [0, 0.1) is 5.82 Å². The summed E-state index contributed by atoms with van der Waals surface area (Å²) >= 11 is 0. The Bertz CT molecular complexity index is 747. The maximum Gasteiger partial charge on any atom is 0.227 e. The van der Waals surface area contributed by atoms with Crippen molar-refractivity contribution < 1.29 is 18.7 Å².